The second kappa shape index (κ2) is 8.82. The molecular formula is C15H23ClN2O2. The monoisotopic (exact) mass is 298 g/mol. The zero-order valence-electron chi connectivity index (χ0n) is 11.9. The van der Waals surface area contributed by atoms with Crippen LogP contribution in [-0.2, 0) is 11.2 Å². The highest BCUT2D eigenvalue weighted by Gasteiger charge is 2.19. The van der Waals surface area contributed by atoms with E-state index in [1.807, 2.05) is 24.3 Å². The number of carbonyl (C=O) groups excluding carboxylic acids is 1. The van der Waals surface area contributed by atoms with E-state index >= 15 is 0 Å². The van der Waals surface area contributed by atoms with Crippen LogP contribution >= 0.6 is 12.4 Å². The van der Waals surface area contributed by atoms with E-state index in [1.54, 1.807) is 7.11 Å². The number of nitrogens with one attached hydrogen (secondary N) is 2. The summed E-state index contributed by atoms with van der Waals surface area (Å²) >= 11 is 0. The first-order valence-electron chi connectivity index (χ1n) is 6.91. The molecule has 1 fully saturated rings. The van der Waals surface area contributed by atoms with Crippen molar-refractivity contribution in [1.29, 1.82) is 0 Å². The highest BCUT2D eigenvalue weighted by atomic mass is 35.5. The zero-order chi connectivity index (χ0) is 13.5. The Kier molecular flexibility index (Phi) is 7.41. The van der Waals surface area contributed by atoms with Gasteiger partial charge in [0.15, 0.2) is 0 Å². The van der Waals surface area contributed by atoms with Crippen LogP contribution in [0.15, 0.2) is 24.3 Å². The fourth-order valence-electron chi connectivity index (χ4n) is 2.34. The summed E-state index contributed by atoms with van der Waals surface area (Å²) in [5, 5.41) is 6.28. The van der Waals surface area contributed by atoms with Gasteiger partial charge in [0, 0.05) is 13.1 Å². The van der Waals surface area contributed by atoms with Crippen LogP contribution in [0.5, 0.6) is 5.75 Å². The molecule has 0 aliphatic carbocycles. The number of hydrogen-bond acceptors (Lipinski definition) is 3. The zero-order valence-corrected chi connectivity index (χ0v) is 12.7. The first-order valence-corrected chi connectivity index (χ1v) is 6.91. The number of amides is 1. The fraction of sp³-hybridized carbons (Fsp3) is 0.533. The molecule has 2 N–H and O–H groups in total. The van der Waals surface area contributed by atoms with Crippen LogP contribution in [0, 0.1) is 5.92 Å². The van der Waals surface area contributed by atoms with Crippen LogP contribution in [0.25, 0.3) is 0 Å². The smallest absolute Gasteiger partial charge is 0.224 e. The molecule has 1 amide bonds. The summed E-state index contributed by atoms with van der Waals surface area (Å²) in [7, 11) is 1.66. The Balaban J connectivity index is 0.00000200. The maximum absolute atomic E-state index is 11.9. The molecule has 1 aliphatic heterocycles. The Morgan fingerprint density at radius 3 is 2.75 bits per heavy atom. The largest absolute Gasteiger partial charge is 0.497 e. The maximum Gasteiger partial charge on any atom is 0.224 e. The minimum Gasteiger partial charge on any atom is -0.497 e. The SMILES string of the molecule is COc1ccc(CCNC(=O)[C@@H]2CCCNC2)cc1.Cl. The van der Waals surface area contributed by atoms with Gasteiger partial charge < -0.3 is 15.4 Å². The molecule has 1 aliphatic rings. The summed E-state index contributed by atoms with van der Waals surface area (Å²) in [6.45, 7) is 2.55. The molecule has 112 valence electrons. The van der Waals surface area contributed by atoms with Crippen molar-refractivity contribution in [2.45, 2.75) is 19.3 Å². The molecule has 0 spiro atoms. The van der Waals surface area contributed by atoms with Crippen molar-refractivity contribution in [2.75, 3.05) is 26.7 Å². The summed E-state index contributed by atoms with van der Waals surface area (Å²) in [5.41, 5.74) is 1.21. The van der Waals surface area contributed by atoms with E-state index in [4.69, 9.17) is 4.74 Å². The third kappa shape index (κ3) is 5.02. The van der Waals surface area contributed by atoms with Gasteiger partial charge in [0.1, 0.15) is 5.75 Å². The van der Waals surface area contributed by atoms with Gasteiger partial charge in [-0.25, -0.2) is 0 Å². The Labute approximate surface area is 126 Å². The average Bonchev–Trinajstić information content (AvgIpc) is 2.49. The van der Waals surface area contributed by atoms with Crippen molar-refractivity contribution >= 4 is 18.3 Å². The standard InChI is InChI=1S/C15H22N2O2.ClH/c1-19-14-6-4-12(5-7-14)8-10-17-15(18)13-3-2-9-16-11-13;/h4-7,13,16H,2-3,8-11H2,1H3,(H,17,18);1H/t13-;/m1./s1. The molecule has 1 aromatic carbocycles. The molecule has 5 heteroatoms. The lowest BCUT2D eigenvalue weighted by Crippen LogP contribution is -2.41. The molecule has 0 radical (unpaired) electrons. The van der Waals surface area contributed by atoms with Crippen molar-refractivity contribution in [1.82, 2.24) is 10.6 Å². The van der Waals surface area contributed by atoms with Gasteiger partial charge in [0.2, 0.25) is 5.91 Å². The molecule has 0 bridgehead atoms. The van der Waals surface area contributed by atoms with Gasteiger partial charge in [-0.1, -0.05) is 12.1 Å². The molecule has 1 heterocycles. The van der Waals surface area contributed by atoms with Crippen LogP contribution in [0.3, 0.4) is 0 Å². The summed E-state index contributed by atoms with van der Waals surface area (Å²) in [5.74, 6) is 1.19. The van der Waals surface area contributed by atoms with Crippen LogP contribution in [0.1, 0.15) is 18.4 Å². The van der Waals surface area contributed by atoms with Gasteiger partial charge in [0.05, 0.1) is 13.0 Å². The Bertz CT molecular complexity index is 403. The number of halogens is 1. The summed E-state index contributed by atoms with van der Waals surface area (Å²) in [6.07, 6.45) is 2.95. The lowest BCUT2D eigenvalue weighted by atomic mass is 9.99. The molecule has 1 aromatic rings. The van der Waals surface area contributed by atoms with Gasteiger partial charge >= 0.3 is 0 Å². The quantitative estimate of drug-likeness (QED) is 0.871. The van der Waals surface area contributed by atoms with E-state index in [0.29, 0.717) is 6.54 Å². The number of ether oxygens (including phenoxy) is 1. The molecule has 1 atom stereocenters. The first kappa shape index (κ1) is 16.8. The fourth-order valence-corrected chi connectivity index (χ4v) is 2.34. The van der Waals surface area contributed by atoms with Crippen LogP contribution in [0.2, 0.25) is 0 Å². The summed E-state index contributed by atoms with van der Waals surface area (Å²) in [6, 6.07) is 7.96. The van der Waals surface area contributed by atoms with Crippen LogP contribution in [-0.4, -0.2) is 32.7 Å². The van der Waals surface area contributed by atoms with Gasteiger partial charge in [-0.05, 0) is 43.5 Å². The maximum atomic E-state index is 11.9. The second-order valence-electron chi connectivity index (χ2n) is 4.93. The van der Waals surface area contributed by atoms with E-state index in [0.717, 1.165) is 38.1 Å². The van der Waals surface area contributed by atoms with Gasteiger partial charge in [-0.15, -0.1) is 12.4 Å². The second-order valence-corrected chi connectivity index (χ2v) is 4.93. The molecule has 0 saturated carbocycles. The molecule has 1 saturated heterocycles. The average molecular weight is 299 g/mol. The summed E-state index contributed by atoms with van der Waals surface area (Å²) in [4.78, 5) is 11.9. The summed E-state index contributed by atoms with van der Waals surface area (Å²) < 4.78 is 5.11. The number of methoxy groups -OCH3 is 1. The Morgan fingerprint density at radius 2 is 2.15 bits per heavy atom. The number of hydrogen-bond donors (Lipinski definition) is 2. The predicted molar refractivity (Wildman–Crippen MR) is 82.5 cm³/mol. The normalized spacial score (nSPS) is 17.9. The molecule has 20 heavy (non-hydrogen) atoms. The van der Waals surface area contributed by atoms with Crippen molar-refractivity contribution in [3.63, 3.8) is 0 Å². The van der Waals surface area contributed by atoms with E-state index in [2.05, 4.69) is 10.6 Å². The van der Waals surface area contributed by atoms with Gasteiger partial charge in [0.25, 0.3) is 0 Å². The van der Waals surface area contributed by atoms with E-state index in [-0.39, 0.29) is 24.2 Å². The lowest BCUT2D eigenvalue weighted by Gasteiger charge is -2.21. The Hall–Kier alpha value is -1.26. The predicted octanol–water partition coefficient (Wildman–Crippen LogP) is 1.78. The van der Waals surface area contributed by atoms with E-state index in [9.17, 15) is 4.79 Å². The van der Waals surface area contributed by atoms with Crippen molar-refractivity contribution in [2.24, 2.45) is 5.92 Å². The number of carbonyl (C=O) groups is 1. The third-order valence-corrected chi connectivity index (χ3v) is 3.54. The molecule has 0 unspecified atom stereocenters. The minimum atomic E-state index is 0. The highest BCUT2D eigenvalue weighted by Crippen LogP contribution is 2.12. The minimum absolute atomic E-state index is 0. The van der Waals surface area contributed by atoms with Gasteiger partial charge in [-0.2, -0.15) is 0 Å². The van der Waals surface area contributed by atoms with E-state index in [1.165, 1.54) is 5.56 Å². The number of piperidine rings is 1. The van der Waals surface area contributed by atoms with E-state index < -0.39 is 0 Å². The molecule has 2 rings (SSSR count). The Morgan fingerprint density at radius 1 is 1.40 bits per heavy atom. The van der Waals surface area contributed by atoms with Crippen LogP contribution < -0.4 is 15.4 Å². The molecule has 0 aromatic heterocycles. The number of benzene rings is 1. The lowest BCUT2D eigenvalue weighted by molar-refractivity contribution is -0.125. The van der Waals surface area contributed by atoms with Crippen LogP contribution in [0.4, 0.5) is 0 Å². The van der Waals surface area contributed by atoms with Crippen molar-refractivity contribution in [3.05, 3.63) is 29.8 Å². The topological polar surface area (TPSA) is 50.4 Å². The molecular weight excluding hydrogens is 276 g/mol. The van der Waals surface area contributed by atoms with Crippen molar-refractivity contribution < 1.29 is 9.53 Å². The third-order valence-electron chi connectivity index (χ3n) is 3.54. The van der Waals surface area contributed by atoms with Crippen molar-refractivity contribution in [3.8, 4) is 5.75 Å². The number of rotatable bonds is 5. The molecule has 4 nitrogen and oxygen atoms in total. The first-order chi connectivity index (χ1) is 9.29. The van der Waals surface area contributed by atoms with Gasteiger partial charge in [-0.3, -0.25) is 4.79 Å². The highest BCUT2D eigenvalue weighted by molar-refractivity contribution is 5.85.